The van der Waals surface area contributed by atoms with E-state index in [1.54, 1.807) is 0 Å². The second kappa shape index (κ2) is 4.65. The first-order valence-corrected chi connectivity index (χ1v) is 4.94. The van der Waals surface area contributed by atoms with Crippen LogP contribution in [0.1, 0.15) is 26.3 Å². The molecule has 0 amide bonds. The summed E-state index contributed by atoms with van der Waals surface area (Å²) in [5.74, 6) is 0. The highest BCUT2D eigenvalue weighted by molar-refractivity contribution is 5.74. The van der Waals surface area contributed by atoms with Gasteiger partial charge < -0.3 is 10.2 Å². The average Bonchev–Trinajstić information content (AvgIpc) is 2.59. The molecular weight excluding hydrogens is 176 g/mol. The second-order valence-corrected chi connectivity index (χ2v) is 2.71. The molecule has 0 radical (unpaired) electrons. The van der Waals surface area contributed by atoms with Gasteiger partial charge in [0.25, 0.3) is 6.01 Å². The molecule has 76 valence electrons. The number of rotatable bonds is 1. The predicted octanol–water partition coefficient (Wildman–Crippen LogP) is 3.00. The van der Waals surface area contributed by atoms with Gasteiger partial charge in [-0.25, -0.2) is 0 Å². The summed E-state index contributed by atoms with van der Waals surface area (Å²) in [6, 6.07) is 6.15. The van der Waals surface area contributed by atoms with Crippen molar-refractivity contribution in [2.75, 3.05) is 5.73 Å². The number of nitrogens with two attached hydrogens (primary N) is 1. The van der Waals surface area contributed by atoms with Gasteiger partial charge in [0.05, 0.1) is 0 Å². The van der Waals surface area contributed by atoms with Gasteiger partial charge in [0.2, 0.25) is 0 Å². The summed E-state index contributed by atoms with van der Waals surface area (Å²) >= 11 is 0. The van der Waals surface area contributed by atoms with E-state index in [0.717, 1.165) is 17.5 Å². The molecule has 0 aliphatic heterocycles. The third-order valence-corrected chi connectivity index (χ3v) is 1.88. The van der Waals surface area contributed by atoms with Crippen LogP contribution in [0.25, 0.3) is 11.1 Å². The van der Waals surface area contributed by atoms with Crippen LogP contribution in [-0.2, 0) is 6.42 Å². The topological polar surface area (TPSA) is 52.0 Å². The van der Waals surface area contributed by atoms with E-state index in [9.17, 15) is 0 Å². The number of aromatic nitrogens is 1. The van der Waals surface area contributed by atoms with Crippen molar-refractivity contribution in [2.24, 2.45) is 0 Å². The van der Waals surface area contributed by atoms with Crippen LogP contribution >= 0.6 is 0 Å². The largest absolute Gasteiger partial charge is 0.424 e. The number of nitrogens with zero attached hydrogens (tertiary/aromatic N) is 1. The van der Waals surface area contributed by atoms with Gasteiger partial charge in [0.1, 0.15) is 5.52 Å². The van der Waals surface area contributed by atoms with Gasteiger partial charge in [-0.05, 0) is 24.1 Å². The number of benzene rings is 1. The number of hydrogen-bond donors (Lipinski definition) is 1. The predicted molar refractivity (Wildman–Crippen MR) is 59.1 cm³/mol. The molecule has 0 aliphatic carbocycles. The maximum absolute atomic E-state index is 5.40. The molecule has 2 N–H and O–H groups in total. The third kappa shape index (κ3) is 2.05. The highest BCUT2D eigenvalue weighted by Crippen LogP contribution is 2.18. The van der Waals surface area contributed by atoms with E-state index in [0.29, 0.717) is 0 Å². The molecule has 3 heteroatoms. The minimum Gasteiger partial charge on any atom is -0.424 e. The minimum absolute atomic E-state index is 0.234. The van der Waals surface area contributed by atoms with Crippen LogP contribution in [0, 0.1) is 0 Å². The second-order valence-electron chi connectivity index (χ2n) is 2.71. The summed E-state index contributed by atoms with van der Waals surface area (Å²) < 4.78 is 5.13. The minimum atomic E-state index is 0.234. The smallest absolute Gasteiger partial charge is 0.292 e. The molecule has 1 aromatic heterocycles. The van der Waals surface area contributed by atoms with E-state index in [-0.39, 0.29) is 6.01 Å². The number of fused-ring (bicyclic) bond motifs is 1. The summed E-state index contributed by atoms with van der Waals surface area (Å²) in [5, 5.41) is 0. The Morgan fingerprint density at radius 3 is 2.71 bits per heavy atom. The van der Waals surface area contributed by atoms with E-state index in [2.05, 4.69) is 11.9 Å². The van der Waals surface area contributed by atoms with Crippen molar-refractivity contribution in [3.8, 4) is 0 Å². The Morgan fingerprint density at radius 1 is 1.36 bits per heavy atom. The molecule has 1 heterocycles. The van der Waals surface area contributed by atoms with Crippen molar-refractivity contribution in [1.29, 1.82) is 0 Å². The Labute approximate surface area is 83.9 Å². The molecule has 0 saturated heterocycles. The molecule has 2 rings (SSSR count). The molecule has 0 atom stereocenters. The highest BCUT2D eigenvalue weighted by atomic mass is 16.4. The SMILES string of the molecule is CC.CCc1ccc2oc(N)nc2c1. The number of anilines is 1. The summed E-state index contributed by atoms with van der Waals surface area (Å²) in [6.45, 7) is 6.10. The van der Waals surface area contributed by atoms with Crippen molar-refractivity contribution in [3.63, 3.8) is 0 Å². The standard InChI is InChI=1S/C9H10N2O.C2H6/c1-2-6-3-4-8-7(5-6)11-9(10)12-8;1-2/h3-5H,2H2,1H3,(H2,10,11);1-2H3. The van der Waals surface area contributed by atoms with Crippen LogP contribution in [0.5, 0.6) is 0 Å². The summed E-state index contributed by atoms with van der Waals surface area (Å²) in [4.78, 5) is 4.03. The maximum atomic E-state index is 5.40. The van der Waals surface area contributed by atoms with Gasteiger partial charge in [-0.1, -0.05) is 26.8 Å². The Bertz CT molecular complexity index is 407. The lowest BCUT2D eigenvalue weighted by atomic mass is 10.1. The molecule has 14 heavy (non-hydrogen) atoms. The zero-order valence-electron chi connectivity index (χ0n) is 8.87. The Hall–Kier alpha value is -1.51. The van der Waals surface area contributed by atoms with E-state index in [1.165, 1.54) is 5.56 Å². The lowest BCUT2D eigenvalue weighted by molar-refractivity contribution is 0.626. The number of aryl methyl sites for hydroxylation is 1. The molecule has 0 saturated carbocycles. The van der Waals surface area contributed by atoms with E-state index >= 15 is 0 Å². The van der Waals surface area contributed by atoms with Crippen LogP contribution in [-0.4, -0.2) is 4.98 Å². The molecule has 1 aromatic carbocycles. The molecular formula is C11H16N2O. The molecule has 2 aromatic rings. The van der Waals surface area contributed by atoms with Gasteiger partial charge in [-0.3, -0.25) is 0 Å². The van der Waals surface area contributed by atoms with Crippen molar-refractivity contribution in [1.82, 2.24) is 4.98 Å². The number of nitrogen functional groups attached to an aromatic ring is 1. The summed E-state index contributed by atoms with van der Waals surface area (Å²) in [5.41, 5.74) is 8.24. The van der Waals surface area contributed by atoms with Crippen molar-refractivity contribution in [3.05, 3.63) is 23.8 Å². The van der Waals surface area contributed by atoms with Crippen LogP contribution in [0.3, 0.4) is 0 Å². The first-order valence-electron chi connectivity index (χ1n) is 4.94. The molecule has 0 aliphatic rings. The van der Waals surface area contributed by atoms with E-state index in [4.69, 9.17) is 10.2 Å². The fourth-order valence-electron chi connectivity index (χ4n) is 1.21. The molecule has 0 spiro atoms. The lowest BCUT2D eigenvalue weighted by Crippen LogP contribution is -1.81. The fraction of sp³-hybridized carbons (Fsp3) is 0.364. The lowest BCUT2D eigenvalue weighted by Gasteiger charge is -1.92. The Morgan fingerprint density at radius 2 is 2.07 bits per heavy atom. The van der Waals surface area contributed by atoms with Gasteiger partial charge in [-0.2, -0.15) is 4.98 Å². The monoisotopic (exact) mass is 192 g/mol. The molecule has 3 nitrogen and oxygen atoms in total. The van der Waals surface area contributed by atoms with Crippen LogP contribution in [0.2, 0.25) is 0 Å². The first kappa shape index (κ1) is 10.6. The van der Waals surface area contributed by atoms with Crippen molar-refractivity contribution in [2.45, 2.75) is 27.2 Å². The fourth-order valence-corrected chi connectivity index (χ4v) is 1.21. The zero-order valence-corrected chi connectivity index (χ0v) is 8.87. The van der Waals surface area contributed by atoms with E-state index < -0.39 is 0 Å². The van der Waals surface area contributed by atoms with Crippen LogP contribution in [0.15, 0.2) is 22.6 Å². The average molecular weight is 192 g/mol. The van der Waals surface area contributed by atoms with Crippen molar-refractivity contribution >= 4 is 17.1 Å². The zero-order chi connectivity index (χ0) is 10.6. The van der Waals surface area contributed by atoms with Crippen LogP contribution < -0.4 is 5.73 Å². The Kier molecular flexibility index (Phi) is 3.51. The first-order chi connectivity index (χ1) is 6.79. The van der Waals surface area contributed by atoms with E-state index in [1.807, 2.05) is 32.0 Å². The number of oxazole rings is 1. The number of hydrogen-bond acceptors (Lipinski definition) is 3. The Balaban J connectivity index is 0.000000461. The molecule has 0 fully saturated rings. The maximum Gasteiger partial charge on any atom is 0.292 e. The van der Waals surface area contributed by atoms with Gasteiger partial charge in [-0.15, -0.1) is 0 Å². The van der Waals surface area contributed by atoms with Gasteiger partial charge in [0.15, 0.2) is 5.58 Å². The normalized spacial score (nSPS) is 9.64. The van der Waals surface area contributed by atoms with Crippen molar-refractivity contribution < 1.29 is 4.42 Å². The third-order valence-electron chi connectivity index (χ3n) is 1.88. The van der Waals surface area contributed by atoms with Crippen LogP contribution in [0.4, 0.5) is 6.01 Å². The molecule has 0 bridgehead atoms. The molecule has 0 unspecified atom stereocenters. The van der Waals surface area contributed by atoms with Gasteiger partial charge in [0, 0.05) is 0 Å². The summed E-state index contributed by atoms with van der Waals surface area (Å²) in [7, 11) is 0. The quantitative estimate of drug-likeness (QED) is 0.755. The van der Waals surface area contributed by atoms with Gasteiger partial charge >= 0.3 is 0 Å². The highest BCUT2D eigenvalue weighted by Gasteiger charge is 2.01. The summed E-state index contributed by atoms with van der Waals surface area (Å²) in [6.07, 6.45) is 1.00.